The minimum atomic E-state index is 0.835. The fraction of sp³-hybridized carbons (Fsp3) is 0.357. The first-order valence-corrected chi connectivity index (χ1v) is 5.95. The van der Waals surface area contributed by atoms with Gasteiger partial charge < -0.3 is 10.6 Å². The maximum atomic E-state index is 6.16. The molecule has 0 radical (unpaired) electrons. The van der Waals surface area contributed by atoms with E-state index in [0.717, 1.165) is 36.0 Å². The van der Waals surface area contributed by atoms with E-state index in [1.54, 1.807) is 6.20 Å². The second kappa shape index (κ2) is 5.15. The number of hydrogen-bond donors (Lipinski definition) is 1. The molecule has 0 bridgehead atoms. The summed E-state index contributed by atoms with van der Waals surface area (Å²) in [6.45, 7) is 1.08. The second-order valence-electron chi connectivity index (χ2n) is 4.62. The molecule has 0 saturated carbocycles. The summed E-state index contributed by atoms with van der Waals surface area (Å²) in [7, 11) is 4.18. The lowest BCUT2D eigenvalue weighted by Crippen LogP contribution is -2.13. The zero-order valence-electron chi connectivity index (χ0n) is 10.5. The van der Waals surface area contributed by atoms with Crippen molar-refractivity contribution < 1.29 is 0 Å². The molecule has 2 aromatic rings. The molecule has 0 fully saturated rings. The number of nitrogens with zero attached hydrogens (tertiary/aromatic N) is 2. The molecule has 0 aliphatic carbocycles. The monoisotopic (exact) mass is 229 g/mol. The Hall–Kier alpha value is -1.61. The van der Waals surface area contributed by atoms with Crippen molar-refractivity contribution in [2.24, 2.45) is 0 Å². The first-order chi connectivity index (χ1) is 8.18. The maximum absolute atomic E-state index is 6.16. The van der Waals surface area contributed by atoms with Crippen LogP contribution in [0.3, 0.4) is 0 Å². The lowest BCUT2D eigenvalue weighted by Gasteiger charge is -2.11. The summed E-state index contributed by atoms with van der Waals surface area (Å²) in [6, 6.07) is 8.20. The normalized spacial score (nSPS) is 11.2. The van der Waals surface area contributed by atoms with Crippen LogP contribution < -0.4 is 5.73 Å². The van der Waals surface area contributed by atoms with E-state index in [4.69, 9.17) is 5.73 Å². The summed E-state index contributed by atoms with van der Waals surface area (Å²) >= 11 is 0. The highest BCUT2D eigenvalue weighted by Gasteiger charge is 2.05. The van der Waals surface area contributed by atoms with Crippen molar-refractivity contribution >= 4 is 16.6 Å². The zero-order valence-corrected chi connectivity index (χ0v) is 10.5. The summed E-state index contributed by atoms with van der Waals surface area (Å²) in [5.74, 6) is 0. The van der Waals surface area contributed by atoms with E-state index < -0.39 is 0 Å². The van der Waals surface area contributed by atoms with E-state index in [1.807, 2.05) is 12.1 Å². The van der Waals surface area contributed by atoms with Gasteiger partial charge in [-0.1, -0.05) is 18.2 Å². The van der Waals surface area contributed by atoms with Crippen molar-refractivity contribution in [3.05, 3.63) is 36.0 Å². The van der Waals surface area contributed by atoms with E-state index in [2.05, 4.69) is 36.1 Å². The standard InChI is InChI=1S/C14H19N3/c1-17(2)10-4-6-11-7-8-12-5-3-9-16-14(12)13(11)15/h3,5,7-9H,4,6,10,15H2,1-2H3. The Balaban J connectivity index is 2.21. The third kappa shape index (κ3) is 2.74. The Morgan fingerprint density at radius 1 is 1.24 bits per heavy atom. The van der Waals surface area contributed by atoms with Crippen LogP contribution in [0.1, 0.15) is 12.0 Å². The van der Waals surface area contributed by atoms with Gasteiger partial charge in [0.1, 0.15) is 0 Å². The summed E-state index contributed by atoms with van der Waals surface area (Å²) < 4.78 is 0. The summed E-state index contributed by atoms with van der Waals surface area (Å²) in [4.78, 5) is 6.54. The molecule has 17 heavy (non-hydrogen) atoms. The molecule has 2 rings (SSSR count). The molecule has 0 aliphatic rings. The smallest absolute Gasteiger partial charge is 0.0933 e. The van der Waals surface area contributed by atoms with E-state index in [-0.39, 0.29) is 0 Å². The highest BCUT2D eigenvalue weighted by Crippen LogP contribution is 2.23. The van der Waals surface area contributed by atoms with Gasteiger partial charge in [-0.25, -0.2) is 0 Å². The third-order valence-electron chi connectivity index (χ3n) is 2.96. The van der Waals surface area contributed by atoms with Gasteiger partial charge in [-0.05, 0) is 45.1 Å². The van der Waals surface area contributed by atoms with Gasteiger partial charge in [0, 0.05) is 11.6 Å². The molecule has 0 unspecified atom stereocenters. The quantitative estimate of drug-likeness (QED) is 0.818. The van der Waals surface area contributed by atoms with Crippen LogP contribution in [0.25, 0.3) is 10.9 Å². The van der Waals surface area contributed by atoms with Crippen LogP contribution in [-0.4, -0.2) is 30.5 Å². The van der Waals surface area contributed by atoms with Crippen molar-refractivity contribution in [3.8, 4) is 0 Å². The van der Waals surface area contributed by atoms with Crippen molar-refractivity contribution in [2.45, 2.75) is 12.8 Å². The van der Waals surface area contributed by atoms with Crippen LogP contribution in [0.4, 0.5) is 5.69 Å². The lowest BCUT2D eigenvalue weighted by molar-refractivity contribution is 0.400. The fourth-order valence-corrected chi connectivity index (χ4v) is 2.01. The van der Waals surface area contributed by atoms with E-state index in [1.165, 1.54) is 5.56 Å². The second-order valence-corrected chi connectivity index (χ2v) is 4.62. The van der Waals surface area contributed by atoms with Gasteiger partial charge in [-0.2, -0.15) is 0 Å². The molecule has 3 heteroatoms. The molecule has 0 saturated heterocycles. The molecular weight excluding hydrogens is 210 g/mol. The average molecular weight is 229 g/mol. The van der Waals surface area contributed by atoms with E-state index >= 15 is 0 Å². The van der Waals surface area contributed by atoms with Crippen molar-refractivity contribution in [2.75, 3.05) is 26.4 Å². The van der Waals surface area contributed by atoms with Gasteiger partial charge in [0.05, 0.1) is 11.2 Å². The Bertz CT molecular complexity index is 506. The average Bonchev–Trinajstić information content (AvgIpc) is 2.32. The number of pyridine rings is 1. The predicted molar refractivity (Wildman–Crippen MR) is 73.0 cm³/mol. The summed E-state index contributed by atoms with van der Waals surface area (Å²) in [6.07, 6.45) is 3.92. The molecule has 0 spiro atoms. The first kappa shape index (κ1) is 11.9. The molecule has 1 heterocycles. The van der Waals surface area contributed by atoms with Crippen LogP contribution in [0.2, 0.25) is 0 Å². The Morgan fingerprint density at radius 2 is 2.06 bits per heavy atom. The highest BCUT2D eigenvalue weighted by atomic mass is 15.0. The predicted octanol–water partition coefficient (Wildman–Crippen LogP) is 2.31. The number of rotatable bonds is 4. The number of fused-ring (bicyclic) bond motifs is 1. The number of hydrogen-bond acceptors (Lipinski definition) is 3. The largest absolute Gasteiger partial charge is 0.397 e. The van der Waals surface area contributed by atoms with Crippen LogP contribution in [-0.2, 0) is 6.42 Å². The number of nitrogen functional groups attached to an aromatic ring is 1. The van der Waals surface area contributed by atoms with Crippen molar-refractivity contribution in [1.82, 2.24) is 9.88 Å². The van der Waals surface area contributed by atoms with Gasteiger partial charge in [0.25, 0.3) is 0 Å². The van der Waals surface area contributed by atoms with Crippen LogP contribution >= 0.6 is 0 Å². The molecule has 0 atom stereocenters. The molecule has 2 N–H and O–H groups in total. The Morgan fingerprint density at radius 3 is 2.82 bits per heavy atom. The topological polar surface area (TPSA) is 42.2 Å². The van der Waals surface area contributed by atoms with E-state index in [9.17, 15) is 0 Å². The SMILES string of the molecule is CN(C)CCCc1ccc2cccnc2c1N. The molecule has 1 aromatic carbocycles. The van der Waals surface area contributed by atoms with Gasteiger partial charge in [0.15, 0.2) is 0 Å². The number of benzene rings is 1. The van der Waals surface area contributed by atoms with Gasteiger partial charge in [-0.15, -0.1) is 0 Å². The van der Waals surface area contributed by atoms with Crippen LogP contribution in [0.5, 0.6) is 0 Å². The van der Waals surface area contributed by atoms with Crippen molar-refractivity contribution in [1.29, 1.82) is 0 Å². The number of anilines is 1. The van der Waals surface area contributed by atoms with Crippen molar-refractivity contribution in [3.63, 3.8) is 0 Å². The molecule has 0 amide bonds. The first-order valence-electron chi connectivity index (χ1n) is 5.95. The lowest BCUT2D eigenvalue weighted by atomic mass is 10.0. The minimum Gasteiger partial charge on any atom is -0.397 e. The molecular formula is C14H19N3. The number of aryl methyl sites for hydroxylation is 1. The third-order valence-corrected chi connectivity index (χ3v) is 2.96. The van der Waals surface area contributed by atoms with Gasteiger partial charge >= 0.3 is 0 Å². The fourth-order valence-electron chi connectivity index (χ4n) is 2.01. The van der Waals surface area contributed by atoms with E-state index in [0.29, 0.717) is 0 Å². The number of aromatic nitrogens is 1. The Labute approximate surface area is 102 Å². The highest BCUT2D eigenvalue weighted by molar-refractivity contribution is 5.90. The van der Waals surface area contributed by atoms with Gasteiger partial charge in [-0.3, -0.25) is 4.98 Å². The van der Waals surface area contributed by atoms with Crippen LogP contribution in [0, 0.1) is 0 Å². The maximum Gasteiger partial charge on any atom is 0.0933 e. The van der Waals surface area contributed by atoms with Crippen LogP contribution in [0.15, 0.2) is 30.5 Å². The molecule has 90 valence electrons. The molecule has 0 aliphatic heterocycles. The summed E-state index contributed by atoms with van der Waals surface area (Å²) in [5.41, 5.74) is 9.13. The summed E-state index contributed by atoms with van der Waals surface area (Å²) in [5, 5.41) is 1.11. The molecule has 1 aromatic heterocycles. The zero-order chi connectivity index (χ0) is 12.3. The number of nitrogens with two attached hydrogens (primary N) is 1. The van der Waals surface area contributed by atoms with Gasteiger partial charge in [0.2, 0.25) is 0 Å². The Kier molecular flexibility index (Phi) is 3.59. The molecule has 3 nitrogen and oxygen atoms in total. The minimum absolute atomic E-state index is 0.835.